The number of hydrogen-bond donors (Lipinski definition) is 1. The molecule has 0 saturated carbocycles. The highest BCUT2D eigenvalue weighted by molar-refractivity contribution is 9.18. The lowest BCUT2D eigenvalue weighted by molar-refractivity contribution is -0.125. The standard InChI is InChI=1S/C26H24BrClN4O4/c27-24-11-21(36-31-24)13-30-25(33)23-10-19(17-5-3-6-20(28)9-17)14-32(23)26(34)35-15-16-8-18-4-1-2-7-22(18)29-12-16/h1-9,12,19,21,23H,10-11,13-15H2,(H,30,33)/t19-,21+,23+/m1/s1. The van der Waals surface area contributed by atoms with E-state index in [0.29, 0.717) is 35.6 Å². The number of para-hydroxylation sites is 1. The zero-order chi connectivity index (χ0) is 25.1. The highest BCUT2D eigenvalue weighted by atomic mass is 79.9. The smallest absolute Gasteiger partial charge is 0.410 e. The summed E-state index contributed by atoms with van der Waals surface area (Å²) >= 11 is 9.49. The Labute approximate surface area is 221 Å². The van der Waals surface area contributed by atoms with Crippen LogP contribution in [0.15, 0.2) is 65.9 Å². The van der Waals surface area contributed by atoms with E-state index >= 15 is 0 Å². The van der Waals surface area contributed by atoms with E-state index in [-0.39, 0.29) is 24.5 Å². The van der Waals surface area contributed by atoms with Crippen molar-refractivity contribution in [3.63, 3.8) is 0 Å². The van der Waals surface area contributed by atoms with Crippen LogP contribution in [0, 0.1) is 0 Å². The van der Waals surface area contributed by atoms with Crippen LogP contribution in [0.25, 0.3) is 10.9 Å². The number of aromatic nitrogens is 1. The Morgan fingerprint density at radius 1 is 1.19 bits per heavy atom. The number of likely N-dealkylation sites (tertiary alicyclic amines) is 1. The summed E-state index contributed by atoms with van der Waals surface area (Å²) in [5.41, 5.74) is 2.63. The van der Waals surface area contributed by atoms with Crippen LogP contribution in [0.4, 0.5) is 4.79 Å². The normalized spacial score (nSPS) is 21.2. The highest BCUT2D eigenvalue weighted by Gasteiger charge is 2.41. The number of amides is 2. The SMILES string of the molecule is O=C(NC[C@@H]1CC(Br)=NO1)[C@@H]1C[C@@H](c2cccc(Cl)c2)CN1C(=O)OCc1cnc2ccccc2c1. The summed E-state index contributed by atoms with van der Waals surface area (Å²) < 4.78 is 6.34. The molecule has 2 aliphatic heterocycles. The fourth-order valence-corrected chi connectivity index (χ4v) is 5.19. The molecule has 10 heteroatoms. The van der Waals surface area contributed by atoms with E-state index in [0.717, 1.165) is 22.0 Å². The Kier molecular flexibility index (Phi) is 7.38. The second-order valence-corrected chi connectivity index (χ2v) is 10.2. The van der Waals surface area contributed by atoms with Crippen LogP contribution < -0.4 is 5.32 Å². The second kappa shape index (κ2) is 10.8. The monoisotopic (exact) mass is 570 g/mol. The van der Waals surface area contributed by atoms with Crippen molar-refractivity contribution in [2.24, 2.45) is 5.16 Å². The third-order valence-corrected chi connectivity index (χ3v) is 7.07. The molecule has 2 amide bonds. The first-order valence-electron chi connectivity index (χ1n) is 11.6. The van der Waals surface area contributed by atoms with E-state index in [1.807, 2.05) is 48.5 Å². The van der Waals surface area contributed by atoms with E-state index < -0.39 is 12.1 Å². The number of pyridine rings is 1. The molecule has 1 aromatic heterocycles. The van der Waals surface area contributed by atoms with Crippen molar-refractivity contribution < 1.29 is 19.2 Å². The Bertz CT molecular complexity index is 1320. The number of oxime groups is 1. The summed E-state index contributed by atoms with van der Waals surface area (Å²) in [6.45, 7) is 0.702. The first-order valence-corrected chi connectivity index (χ1v) is 12.8. The average molecular weight is 572 g/mol. The largest absolute Gasteiger partial charge is 0.444 e. The van der Waals surface area contributed by atoms with E-state index in [2.05, 4.69) is 31.4 Å². The van der Waals surface area contributed by atoms with Gasteiger partial charge in [0.05, 0.1) is 12.1 Å². The molecule has 0 radical (unpaired) electrons. The van der Waals surface area contributed by atoms with Crippen LogP contribution in [-0.4, -0.2) is 51.7 Å². The molecule has 0 spiro atoms. The van der Waals surface area contributed by atoms with Gasteiger partial charge in [-0.05, 0) is 52.2 Å². The molecule has 1 N–H and O–H groups in total. The van der Waals surface area contributed by atoms with Crippen molar-refractivity contribution >= 4 is 55.1 Å². The number of halogens is 2. The summed E-state index contributed by atoms with van der Waals surface area (Å²) in [5, 5.41) is 8.33. The van der Waals surface area contributed by atoms with E-state index in [1.165, 1.54) is 4.90 Å². The van der Waals surface area contributed by atoms with Crippen molar-refractivity contribution in [2.75, 3.05) is 13.1 Å². The molecule has 0 unspecified atom stereocenters. The van der Waals surface area contributed by atoms with Gasteiger partial charge in [0, 0.05) is 41.1 Å². The van der Waals surface area contributed by atoms with Crippen molar-refractivity contribution in [3.05, 3.63) is 76.9 Å². The Morgan fingerprint density at radius 3 is 2.86 bits per heavy atom. The number of nitrogens with one attached hydrogen (secondary N) is 1. The van der Waals surface area contributed by atoms with Gasteiger partial charge in [-0.25, -0.2) is 4.79 Å². The zero-order valence-electron chi connectivity index (χ0n) is 19.3. The van der Waals surface area contributed by atoms with Gasteiger partial charge in [-0.15, -0.1) is 0 Å². The van der Waals surface area contributed by atoms with Gasteiger partial charge < -0.3 is 14.9 Å². The Balaban J connectivity index is 1.27. The van der Waals surface area contributed by atoms with Crippen LogP contribution in [0.2, 0.25) is 5.02 Å². The maximum Gasteiger partial charge on any atom is 0.410 e. The molecular weight excluding hydrogens is 548 g/mol. The van der Waals surface area contributed by atoms with E-state index in [4.69, 9.17) is 21.2 Å². The predicted octanol–water partition coefficient (Wildman–Crippen LogP) is 5.00. The minimum atomic E-state index is -0.679. The fourth-order valence-electron chi connectivity index (χ4n) is 4.55. The van der Waals surface area contributed by atoms with Crippen LogP contribution in [0.1, 0.15) is 29.9 Å². The van der Waals surface area contributed by atoms with Crippen LogP contribution in [0.3, 0.4) is 0 Å². The molecule has 2 aliphatic rings. The van der Waals surface area contributed by atoms with Crippen LogP contribution in [-0.2, 0) is 21.0 Å². The molecule has 8 nitrogen and oxygen atoms in total. The number of rotatable bonds is 6. The average Bonchev–Trinajstić information content (AvgIpc) is 3.52. The summed E-state index contributed by atoms with van der Waals surface area (Å²) in [6.07, 6.45) is 1.96. The van der Waals surface area contributed by atoms with Gasteiger partial charge in [-0.1, -0.05) is 47.1 Å². The molecule has 1 saturated heterocycles. The number of benzene rings is 2. The quantitative estimate of drug-likeness (QED) is 0.450. The maximum absolute atomic E-state index is 13.2. The summed E-state index contributed by atoms with van der Waals surface area (Å²) in [7, 11) is 0. The Morgan fingerprint density at radius 2 is 2.06 bits per heavy atom. The van der Waals surface area contributed by atoms with Gasteiger partial charge in [-0.3, -0.25) is 14.7 Å². The second-order valence-electron chi connectivity index (χ2n) is 8.89. The summed E-state index contributed by atoms with van der Waals surface area (Å²) in [6, 6.07) is 16.5. The number of carbonyl (C=O) groups is 2. The number of hydrogen-bond acceptors (Lipinski definition) is 6. The molecule has 3 atom stereocenters. The number of fused-ring (bicyclic) bond motifs is 1. The van der Waals surface area contributed by atoms with Gasteiger partial charge in [0.1, 0.15) is 17.3 Å². The minimum Gasteiger partial charge on any atom is -0.444 e. The molecule has 0 bridgehead atoms. The molecular formula is C26H24BrClN4O4. The fraction of sp³-hybridized carbons (Fsp3) is 0.308. The third kappa shape index (κ3) is 5.63. The first-order chi connectivity index (χ1) is 17.5. The molecule has 2 aromatic carbocycles. The Hall–Kier alpha value is -3.17. The van der Waals surface area contributed by atoms with Crippen LogP contribution in [0.5, 0.6) is 0 Å². The molecule has 3 heterocycles. The summed E-state index contributed by atoms with van der Waals surface area (Å²) in [4.78, 5) is 37.5. The molecule has 1 fully saturated rings. The zero-order valence-corrected chi connectivity index (χ0v) is 21.6. The molecule has 36 heavy (non-hydrogen) atoms. The number of ether oxygens (including phenoxy) is 1. The van der Waals surface area contributed by atoms with Gasteiger partial charge in [0.25, 0.3) is 0 Å². The van der Waals surface area contributed by atoms with Gasteiger partial charge in [-0.2, -0.15) is 0 Å². The van der Waals surface area contributed by atoms with Crippen molar-refractivity contribution in [3.8, 4) is 0 Å². The lowest BCUT2D eigenvalue weighted by Gasteiger charge is -2.23. The summed E-state index contributed by atoms with van der Waals surface area (Å²) in [5.74, 6) is -0.301. The number of nitrogens with zero attached hydrogens (tertiary/aromatic N) is 3. The lowest BCUT2D eigenvalue weighted by Crippen LogP contribution is -2.47. The third-order valence-electron chi connectivity index (χ3n) is 6.37. The lowest BCUT2D eigenvalue weighted by atomic mass is 9.96. The highest BCUT2D eigenvalue weighted by Crippen LogP contribution is 2.33. The van der Waals surface area contributed by atoms with Gasteiger partial charge in [0.15, 0.2) is 6.10 Å². The maximum atomic E-state index is 13.2. The molecule has 186 valence electrons. The van der Waals surface area contributed by atoms with Crippen LogP contribution >= 0.6 is 27.5 Å². The number of carbonyl (C=O) groups excluding carboxylic acids is 2. The van der Waals surface area contributed by atoms with Crippen molar-refractivity contribution in [1.29, 1.82) is 0 Å². The van der Waals surface area contributed by atoms with Gasteiger partial charge >= 0.3 is 6.09 Å². The van der Waals surface area contributed by atoms with Crippen molar-refractivity contribution in [2.45, 2.75) is 37.5 Å². The minimum absolute atomic E-state index is 0.0467. The van der Waals surface area contributed by atoms with E-state index in [1.54, 1.807) is 12.3 Å². The van der Waals surface area contributed by atoms with E-state index in [9.17, 15) is 9.59 Å². The molecule has 0 aliphatic carbocycles. The van der Waals surface area contributed by atoms with Crippen molar-refractivity contribution in [1.82, 2.24) is 15.2 Å². The topological polar surface area (TPSA) is 93.1 Å². The first kappa shape index (κ1) is 24.5. The predicted molar refractivity (Wildman–Crippen MR) is 140 cm³/mol. The molecule has 3 aromatic rings. The van der Waals surface area contributed by atoms with Gasteiger partial charge in [0.2, 0.25) is 5.91 Å². The molecule has 5 rings (SSSR count).